The Balaban J connectivity index is 1.69. The van der Waals surface area contributed by atoms with Gasteiger partial charge in [-0.2, -0.15) is 4.31 Å². The molecule has 6 nitrogen and oxygen atoms in total. The van der Waals surface area contributed by atoms with Crippen molar-refractivity contribution in [3.8, 4) is 0 Å². The summed E-state index contributed by atoms with van der Waals surface area (Å²) in [6.45, 7) is 1.64. The number of rotatable bonds is 6. The Labute approximate surface area is 119 Å². The van der Waals surface area contributed by atoms with Crippen LogP contribution in [0, 0.1) is 0 Å². The van der Waals surface area contributed by atoms with Gasteiger partial charge < -0.3 is 14.5 Å². The van der Waals surface area contributed by atoms with E-state index in [0.717, 1.165) is 6.42 Å². The van der Waals surface area contributed by atoms with Gasteiger partial charge in [0.2, 0.25) is 5.09 Å². The topological polar surface area (TPSA) is 71.8 Å². The molecule has 0 spiro atoms. The summed E-state index contributed by atoms with van der Waals surface area (Å²) in [5.41, 5.74) is 0. The molecule has 1 atom stereocenters. The van der Waals surface area contributed by atoms with Crippen molar-refractivity contribution >= 4 is 10.0 Å². The highest BCUT2D eigenvalue weighted by atomic mass is 32.2. The van der Waals surface area contributed by atoms with Gasteiger partial charge in [0.25, 0.3) is 10.0 Å². The number of ether oxygens (including phenoxy) is 1. The molecular weight excluding hydrogens is 280 g/mol. The molecule has 112 valence electrons. The van der Waals surface area contributed by atoms with Crippen LogP contribution in [0.15, 0.2) is 21.6 Å². The molecule has 0 amide bonds. The van der Waals surface area contributed by atoms with Crippen molar-refractivity contribution in [2.45, 2.75) is 43.0 Å². The Morgan fingerprint density at radius 3 is 2.80 bits per heavy atom. The maximum atomic E-state index is 12.4. The van der Waals surface area contributed by atoms with Crippen LogP contribution < -0.4 is 5.32 Å². The third-order valence-electron chi connectivity index (χ3n) is 3.83. The molecule has 3 rings (SSSR count). The van der Waals surface area contributed by atoms with E-state index in [1.807, 2.05) is 0 Å². The van der Waals surface area contributed by atoms with E-state index in [1.165, 1.54) is 23.2 Å². The van der Waals surface area contributed by atoms with Crippen molar-refractivity contribution in [2.75, 3.05) is 20.3 Å². The summed E-state index contributed by atoms with van der Waals surface area (Å²) in [6.07, 6.45) is 3.11. The van der Waals surface area contributed by atoms with Gasteiger partial charge >= 0.3 is 0 Å². The van der Waals surface area contributed by atoms with Gasteiger partial charge in [0, 0.05) is 19.7 Å². The fourth-order valence-electron chi connectivity index (χ4n) is 2.27. The van der Waals surface area contributed by atoms with Crippen LogP contribution in [0.4, 0.5) is 0 Å². The Hall–Kier alpha value is -0.890. The van der Waals surface area contributed by atoms with Crippen molar-refractivity contribution in [3.63, 3.8) is 0 Å². The summed E-state index contributed by atoms with van der Waals surface area (Å²) in [5.74, 6) is 0.659. The van der Waals surface area contributed by atoms with Gasteiger partial charge in [-0.3, -0.25) is 0 Å². The summed E-state index contributed by atoms with van der Waals surface area (Å²) in [7, 11) is -1.98. The number of likely N-dealkylation sites (N-methyl/N-ethyl adjacent to an activating group) is 1. The largest absolute Gasteiger partial charge is 0.447 e. The first-order valence-corrected chi connectivity index (χ1v) is 8.39. The van der Waals surface area contributed by atoms with E-state index in [2.05, 4.69) is 5.32 Å². The van der Waals surface area contributed by atoms with Crippen LogP contribution in [0.2, 0.25) is 0 Å². The molecule has 1 aliphatic heterocycles. The van der Waals surface area contributed by atoms with Gasteiger partial charge in [0.15, 0.2) is 0 Å². The average Bonchev–Trinajstić information content (AvgIpc) is 2.95. The first-order valence-electron chi connectivity index (χ1n) is 6.95. The molecule has 1 unspecified atom stereocenters. The summed E-state index contributed by atoms with van der Waals surface area (Å²) >= 11 is 0. The molecule has 2 fully saturated rings. The highest BCUT2D eigenvalue weighted by Gasteiger charge is 2.32. The van der Waals surface area contributed by atoms with Gasteiger partial charge in [-0.05, 0) is 31.4 Å². The zero-order chi connectivity index (χ0) is 14.2. The minimum absolute atomic E-state index is 0.0134. The molecule has 0 aromatic carbocycles. The molecule has 1 N–H and O–H groups in total. The van der Waals surface area contributed by atoms with Crippen molar-refractivity contribution < 1.29 is 17.6 Å². The summed E-state index contributed by atoms with van der Waals surface area (Å²) in [4.78, 5) is 0. The molecule has 1 saturated heterocycles. The van der Waals surface area contributed by atoms with Crippen molar-refractivity contribution in [1.82, 2.24) is 9.62 Å². The molecule has 2 aliphatic rings. The number of sulfonamides is 1. The smallest absolute Gasteiger partial charge is 0.276 e. The van der Waals surface area contributed by atoms with Gasteiger partial charge in [-0.15, -0.1) is 0 Å². The zero-order valence-electron chi connectivity index (χ0n) is 11.5. The molecule has 0 bridgehead atoms. The number of nitrogens with zero attached hydrogens (tertiary/aromatic N) is 1. The van der Waals surface area contributed by atoms with E-state index >= 15 is 0 Å². The number of hydrogen-bond acceptors (Lipinski definition) is 5. The second kappa shape index (κ2) is 5.48. The Kier molecular flexibility index (Phi) is 3.85. The third-order valence-corrected chi connectivity index (χ3v) is 5.62. The van der Waals surface area contributed by atoms with Crippen LogP contribution in [0.5, 0.6) is 0 Å². The van der Waals surface area contributed by atoms with Crippen molar-refractivity contribution in [3.05, 3.63) is 17.9 Å². The minimum Gasteiger partial charge on any atom is -0.447 e. The van der Waals surface area contributed by atoms with Crippen molar-refractivity contribution in [2.24, 2.45) is 0 Å². The highest BCUT2D eigenvalue weighted by Crippen LogP contribution is 2.24. The Bertz CT molecular complexity index is 559. The molecule has 7 heteroatoms. The van der Waals surface area contributed by atoms with Crippen molar-refractivity contribution in [1.29, 1.82) is 0 Å². The zero-order valence-corrected chi connectivity index (χ0v) is 12.4. The predicted molar refractivity (Wildman–Crippen MR) is 72.7 cm³/mol. The van der Waals surface area contributed by atoms with Gasteiger partial charge in [0.05, 0.1) is 19.2 Å². The molecule has 1 aliphatic carbocycles. The average molecular weight is 300 g/mol. The van der Waals surface area contributed by atoms with Crippen LogP contribution in [-0.4, -0.2) is 45.1 Å². The first-order chi connectivity index (χ1) is 9.57. The maximum absolute atomic E-state index is 12.4. The van der Waals surface area contributed by atoms with Crippen LogP contribution in [0.1, 0.15) is 25.0 Å². The lowest BCUT2D eigenvalue weighted by Crippen LogP contribution is -2.37. The normalized spacial score (nSPS) is 23.6. The van der Waals surface area contributed by atoms with Crippen LogP contribution >= 0.6 is 0 Å². The molecule has 1 aromatic heterocycles. The fourth-order valence-corrected chi connectivity index (χ4v) is 3.57. The first kappa shape index (κ1) is 14.1. The van der Waals surface area contributed by atoms with Crippen LogP contribution in [0.25, 0.3) is 0 Å². The van der Waals surface area contributed by atoms with Gasteiger partial charge in [0.1, 0.15) is 5.76 Å². The van der Waals surface area contributed by atoms with Crippen LogP contribution in [-0.2, 0) is 21.3 Å². The summed E-state index contributed by atoms with van der Waals surface area (Å²) in [5, 5.41) is 3.31. The van der Waals surface area contributed by atoms with E-state index in [1.54, 1.807) is 13.1 Å². The molecule has 1 aromatic rings. The molecule has 0 radical (unpaired) electrons. The SMILES string of the molecule is CN(C1CCOC1)S(=O)(=O)c1ccc(CNC2CC2)o1. The molecular formula is C13H20N2O4S. The third kappa shape index (κ3) is 2.90. The molecule has 2 heterocycles. The van der Waals surface area contributed by atoms with E-state index in [9.17, 15) is 8.42 Å². The van der Waals surface area contributed by atoms with E-state index in [0.29, 0.717) is 31.6 Å². The van der Waals surface area contributed by atoms with E-state index in [4.69, 9.17) is 9.15 Å². The predicted octanol–water partition coefficient (Wildman–Crippen LogP) is 0.941. The van der Waals surface area contributed by atoms with Gasteiger partial charge in [-0.25, -0.2) is 8.42 Å². The summed E-state index contributed by atoms with van der Waals surface area (Å²) in [6, 6.07) is 3.73. The minimum atomic E-state index is -3.57. The quantitative estimate of drug-likeness (QED) is 0.846. The van der Waals surface area contributed by atoms with Gasteiger partial charge in [-0.1, -0.05) is 0 Å². The second-order valence-electron chi connectivity index (χ2n) is 5.41. The monoisotopic (exact) mass is 300 g/mol. The van der Waals surface area contributed by atoms with E-state index in [-0.39, 0.29) is 11.1 Å². The molecule has 20 heavy (non-hydrogen) atoms. The highest BCUT2D eigenvalue weighted by molar-refractivity contribution is 7.89. The molecule has 1 saturated carbocycles. The Morgan fingerprint density at radius 2 is 2.15 bits per heavy atom. The standard InChI is InChI=1S/C13H20N2O4S/c1-15(11-6-7-18-9-11)20(16,17)13-5-4-12(19-13)8-14-10-2-3-10/h4-5,10-11,14H,2-3,6-9H2,1H3. The van der Waals surface area contributed by atoms with E-state index < -0.39 is 10.0 Å². The lowest BCUT2D eigenvalue weighted by molar-refractivity contribution is 0.180. The maximum Gasteiger partial charge on any atom is 0.276 e. The van der Waals surface area contributed by atoms with Crippen LogP contribution in [0.3, 0.4) is 0 Å². The number of hydrogen-bond donors (Lipinski definition) is 1. The number of nitrogens with one attached hydrogen (secondary N) is 1. The lowest BCUT2D eigenvalue weighted by atomic mass is 10.3. The fraction of sp³-hybridized carbons (Fsp3) is 0.692. The number of furan rings is 1. The Morgan fingerprint density at radius 1 is 1.35 bits per heavy atom. The lowest BCUT2D eigenvalue weighted by Gasteiger charge is -2.20. The second-order valence-corrected chi connectivity index (χ2v) is 7.34. The summed E-state index contributed by atoms with van der Waals surface area (Å²) < 4.78 is 37.0.